The lowest BCUT2D eigenvalue weighted by Gasteiger charge is -2.23. The van der Waals surface area contributed by atoms with Gasteiger partial charge in [-0.15, -0.1) is 11.3 Å². The Morgan fingerprint density at radius 3 is 2.61 bits per heavy atom. The van der Waals surface area contributed by atoms with Crippen LogP contribution in [0.1, 0.15) is 39.4 Å². The lowest BCUT2D eigenvalue weighted by molar-refractivity contribution is -0.143. The molecule has 194 valence electrons. The third-order valence-electron chi connectivity index (χ3n) is 5.61. The first-order valence-electron chi connectivity index (χ1n) is 10.7. The van der Waals surface area contributed by atoms with Crippen molar-refractivity contribution in [3.63, 3.8) is 0 Å². The molecule has 11 nitrogen and oxygen atoms in total. The molecular formula is C22H24FN3O8S2. The van der Waals surface area contributed by atoms with Crippen molar-refractivity contribution < 1.29 is 41.6 Å². The number of carboxylic acids is 1. The third-order valence-corrected chi connectivity index (χ3v) is 7.48. The lowest BCUT2D eigenvalue weighted by Crippen LogP contribution is -2.38. The number of hydrogen-bond donors (Lipinski definition) is 4. The first-order valence-corrected chi connectivity index (χ1v) is 13.2. The molecule has 3 rings (SSSR count). The number of ether oxygens (including phenoxy) is 1. The lowest BCUT2D eigenvalue weighted by atomic mass is 9.98. The molecule has 0 radical (unpaired) electrons. The first kappa shape index (κ1) is 27.4. The van der Waals surface area contributed by atoms with Gasteiger partial charge in [-0.3, -0.25) is 24.5 Å². The fourth-order valence-corrected chi connectivity index (χ4v) is 5.58. The molecule has 1 aliphatic rings. The van der Waals surface area contributed by atoms with Gasteiger partial charge in [0.15, 0.2) is 17.3 Å². The van der Waals surface area contributed by atoms with Crippen molar-refractivity contribution in [3.8, 4) is 5.75 Å². The second kappa shape index (κ2) is 11.2. The van der Waals surface area contributed by atoms with Gasteiger partial charge in [0, 0.05) is 23.4 Å². The van der Waals surface area contributed by atoms with E-state index in [1.807, 2.05) is 4.90 Å². The van der Waals surface area contributed by atoms with Crippen molar-refractivity contribution in [2.24, 2.45) is 11.7 Å². The fourth-order valence-electron chi connectivity index (χ4n) is 3.90. The molecule has 2 atom stereocenters. The number of Topliss-reactive ketones (excluding diaryl/α,β-unsaturated/α-hetero) is 1. The van der Waals surface area contributed by atoms with Gasteiger partial charge in [-0.2, -0.15) is 8.42 Å². The quantitative estimate of drug-likeness (QED) is 0.107. The number of hydrogen-bond acceptors (Lipinski definition) is 9. The molecular weight excluding hydrogens is 517 g/mol. The number of halogens is 1. The summed E-state index contributed by atoms with van der Waals surface area (Å²) in [7, 11) is -4.56. The van der Waals surface area contributed by atoms with Gasteiger partial charge in [-0.25, -0.2) is 9.18 Å². The second-order valence-corrected chi connectivity index (χ2v) is 11.0. The summed E-state index contributed by atoms with van der Waals surface area (Å²) >= 11 is 1.09. The minimum atomic E-state index is -4.56. The van der Waals surface area contributed by atoms with E-state index < -0.39 is 57.8 Å². The van der Waals surface area contributed by atoms with E-state index in [9.17, 15) is 32.3 Å². The Kier molecular flexibility index (Phi) is 8.55. The van der Waals surface area contributed by atoms with Crippen LogP contribution in [0.4, 0.5) is 4.39 Å². The van der Waals surface area contributed by atoms with Crippen LogP contribution in [0, 0.1) is 17.1 Å². The highest BCUT2D eigenvalue weighted by Crippen LogP contribution is 2.27. The summed E-state index contributed by atoms with van der Waals surface area (Å²) in [4.78, 5) is 39.3. The molecule has 0 saturated carbocycles. The Morgan fingerprint density at radius 2 is 2.00 bits per heavy atom. The molecule has 1 fully saturated rings. The maximum absolute atomic E-state index is 14.2. The van der Waals surface area contributed by atoms with Gasteiger partial charge < -0.3 is 15.6 Å². The largest absolute Gasteiger partial charge is 0.481 e. The summed E-state index contributed by atoms with van der Waals surface area (Å²) in [6, 6.07) is 6.08. The molecule has 1 aromatic heterocycles. The number of nitrogen functional groups attached to an aromatic ring is 1. The highest BCUT2D eigenvalue weighted by molar-refractivity contribution is 7.85. The predicted octanol–water partition coefficient (Wildman–Crippen LogP) is 1.90. The van der Waals surface area contributed by atoms with E-state index in [-0.39, 0.29) is 28.6 Å². The fraction of sp³-hybridized carbons (Fsp3) is 0.364. The van der Waals surface area contributed by atoms with E-state index in [0.717, 1.165) is 17.4 Å². The number of nitrogens with zero attached hydrogens (tertiary/aromatic N) is 1. The second-order valence-electron chi connectivity index (χ2n) is 8.30. The standard InChI is InChI=1S/C22H24FN3O8S2/c23-15-8-12(20(24)25)3-5-18(15)34-22(30)19-6-4-14(35-19)10-26-7-1-2-16(26)17(27)9-13(21(28)29)11-36(31,32)33/h3-6,8,13,16H,1-2,7,9-11H2,(H3,24,25)(H,28,29)(H,31,32,33)/t13-,16-/m0/s1. The number of carbonyl (C=O) groups is 3. The van der Waals surface area contributed by atoms with Crippen LogP contribution in [-0.2, 0) is 26.3 Å². The Hall–Kier alpha value is -3.20. The zero-order chi connectivity index (χ0) is 26.6. The molecule has 1 saturated heterocycles. The molecule has 0 amide bonds. The highest BCUT2D eigenvalue weighted by atomic mass is 32.2. The van der Waals surface area contributed by atoms with E-state index in [0.29, 0.717) is 24.3 Å². The monoisotopic (exact) mass is 541 g/mol. The predicted molar refractivity (Wildman–Crippen MR) is 127 cm³/mol. The van der Waals surface area contributed by atoms with Crippen molar-refractivity contribution in [2.75, 3.05) is 12.3 Å². The van der Waals surface area contributed by atoms with Crippen molar-refractivity contribution in [2.45, 2.75) is 31.8 Å². The van der Waals surface area contributed by atoms with Crippen LogP contribution >= 0.6 is 11.3 Å². The van der Waals surface area contributed by atoms with Crippen molar-refractivity contribution in [3.05, 3.63) is 51.5 Å². The zero-order valence-electron chi connectivity index (χ0n) is 18.8. The number of carbonyl (C=O) groups excluding carboxylic acids is 2. The van der Waals surface area contributed by atoms with Crippen LogP contribution in [0.5, 0.6) is 5.75 Å². The molecule has 2 aromatic rings. The number of thiophene rings is 1. The average Bonchev–Trinajstić information content (AvgIpc) is 3.43. The van der Waals surface area contributed by atoms with Crippen molar-refractivity contribution >= 4 is 45.0 Å². The smallest absolute Gasteiger partial charge is 0.353 e. The molecule has 0 bridgehead atoms. The van der Waals surface area contributed by atoms with Crippen LogP contribution in [0.2, 0.25) is 0 Å². The normalized spacial score (nSPS) is 17.0. The molecule has 1 aromatic carbocycles. The number of carboxylic acid groups (broad SMARTS) is 1. The third kappa shape index (κ3) is 7.16. The molecule has 0 unspecified atom stereocenters. The molecule has 5 N–H and O–H groups in total. The number of aliphatic carboxylic acids is 1. The van der Waals surface area contributed by atoms with Gasteiger partial charge in [0.05, 0.1) is 17.7 Å². The Morgan fingerprint density at radius 1 is 1.28 bits per heavy atom. The van der Waals surface area contributed by atoms with Crippen LogP contribution < -0.4 is 10.5 Å². The topological polar surface area (TPSA) is 188 Å². The van der Waals surface area contributed by atoms with Gasteiger partial charge in [0.25, 0.3) is 10.1 Å². The van der Waals surface area contributed by atoms with Crippen LogP contribution in [0.25, 0.3) is 0 Å². The maximum Gasteiger partial charge on any atom is 0.353 e. The van der Waals surface area contributed by atoms with Crippen molar-refractivity contribution in [1.29, 1.82) is 5.41 Å². The number of esters is 1. The number of likely N-dealkylation sites (tertiary alicyclic amines) is 1. The zero-order valence-corrected chi connectivity index (χ0v) is 20.5. The summed E-state index contributed by atoms with van der Waals surface area (Å²) in [5.74, 6) is -6.81. The van der Waals surface area contributed by atoms with E-state index in [1.165, 1.54) is 18.2 Å². The van der Waals surface area contributed by atoms with Gasteiger partial charge >= 0.3 is 11.9 Å². The Bertz CT molecular complexity index is 1290. The average molecular weight is 542 g/mol. The number of rotatable bonds is 11. The van der Waals surface area contributed by atoms with E-state index in [4.69, 9.17) is 20.4 Å². The Labute approximate surface area is 209 Å². The van der Waals surface area contributed by atoms with Crippen LogP contribution in [0.3, 0.4) is 0 Å². The van der Waals surface area contributed by atoms with E-state index in [1.54, 1.807) is 6.07 Å². The van der Waals surface area contributed by atoms with Crippen LogP contribution in [0.15, 0.2) is 30.3 Å². The summed E-state index contributed by atoms with van der Waals surface area (Å²) < 4.78 is 50.4. The summed E-state index contributed by atoms with van der Waals surface area (Å²) in [6.45, 7) is 0.823. The number of benzene rings is 1. The SMILES string of the molecule is N=C(N)c1ccc(OC(=O)c2ccc(CN3CCC[C@H]3C(=O)C[C@@H](CS(=O)(=O)O)C(=O)O)s2)c(F)c1. The van der Waals surface area contributed by atoms with Gasteiger partial charge in [-0.1, -0.05) is 0 Å². The van der Waals surface area contributed by atoms with Gasteiger partial charge in [-0.05, 0) is 49.7 Å². The molecule has 1 aliphatic heterocycles. The number of nitrogens with two attached hydrogens (primary N) is 1. The maximum atomic E-state index is 14.2. The molecule has 36 heavy (non-hydrogen) atoms. The Balaban J connectivity index is 1.64. The summed E-state index contributed by atoms with van der Waals surface area (Å²) in [5.41, 5.74) is 5.46. The molecule has 0 spiro atoms. The molecule has 0 aliphatic carbocycles. The summed E-state index contributed by atoms with van der Waals surface area (Å²) in [6.07, 6.45) is 0.599. The highest BCUT2D eigenvalue weighted by Gasteiger charge is 2.35. The minimum absolute atomic E-state index is 0.146. The minimum Gasteiger partial charge on any atom is -0.481 e. The van der Waals surface area contributed by atoms with Gasteiger partial charge in [0.1, 0.15) is 10.7 Å². The number of amidine groups is 1. The van der Waals surface area contributed by atoms with Crippen LogP contribution in [-0.4, -0.2) is 64.9 Å². The first-order chi connectivity index (χ1) is 16.8. The van der Waals surface area contributed by atoms with E-state index in [2.05, 4.69) is 0 Å². The van der Waals surface area contributed by atoms with E-state index >= 15 is 0 Å². The van der Waals surface area contributed by atoms with Crippen molar-refractivity contribution in [1.82, 2.24) is 4.90 Å². The molecule has 2 heterocycles. The molecule has 14 heteroatoms. The summed E-state index contributed by atoms with van der Waals surface area (Å²) in [5, 5.41) is 16.5. The number of ketones is 1. The number of nitrogens with one attached hydrogen (secondary N) is 1. The van der Waals surface area contributed by atoms with Gasteiger partial charge in [0.2, 0.25) is 0 Å².